The van der Waals surface area contributed by atoms with Gasteiger partial charge in [-0.2, -0.15) is 0 Å². The predicted molar refractivity (Wildman–Crippen MR) is 114 cm³/mol. The zero-order valence-electron chi connectivity index (χ0n) is 15.6. The monoisotopic (exact) mass is 396 g/mol. The van der Waals surface area contributed by atoms with E-state index in [4.69, 9.17) is 27.7 Å². The van der Waals surface area contributed by atoms with Gasteiger partial charge in [-0.1, -0.05) is 0 Å². The molecule has 8 nitrogen and oxygen atoms in total. The Bertz CT molecular complexity index is 974. The molecule has 0 aromatic heterocycles. The van der Waals surface area contributed by atoms with Gasteiger partial charge in [0, 0.05) is 34.1 Å². The zero-order valence-corrected chi connectivity index (χ0v) is 15.6. The summed E-state index contributed by atoms with van der Waals surface area (Å²) in [6.07, 6.45) is -1.17. The van der Waals surface area contributed by atoms with Gasteiger partial charge in [0.25, 0.3) is 0 Å². The molecule has 29 heavy (non-hydrogen) atoms. The van der Waals surface area contributed by atoms with Crippen molar-refractivity contribution in [2.45, 2.75) is 12.0 Å². The van der Waals surface area contributed by atoms with Gasteiger partial charge in [-0.3, -0.25) is 0 Å². The fourth-order valence-electron chi connectivity index (χ4n) is 3.20. The third kappa shape index (κ3) is 4.39. The molecule has 0 heterocycles. The van der Waals surface area contributed by atoms with Crippen molar-refractivity contribution in [3.8, 4) is 17.2 Å². The second-order valence-corrected chi connectivity index (χ2v) is 6.79. The molecule has 0 aliphatic heterocycles. The maximum Gasteiger partial charge on any atom is 0.142 e. The van der Waals surface area contributed by atoms with E-state index in [1.54, 1.807) is 18.2 Å². The standard InChI is InChI=1S/C21H24N4O4/c22-11-1-4-17(26)14(7-11)21(15-8-12(23)2-5-18(15)27)19(28)10-29-20-6-3-13(24)9-16(20)25/h1-9,19,21,26-28H,10,22-25H2. The van der Waals surface area contributed by atoms with Crippen molar-refractivity contribution in [2.24, 2.45) is 0 Å². The summed E-state index contributed by atoms with van der Waals surface area (Å²) < 4.78 is 5.66. The van der Waals surface area contributed by atoms with Crippen molar-refractivity contribution in [1.29, 1.82) is 0 Å². The summed E-state index contributed by atoms with van der Waals surface area (Å²) in [5.41, 5.74) is 25.6. The van der Waals surface area contributed by atoms with E-state index in [1.807, 2.05) is 0 Å². The Kier molecular flexibility index (Phi) is 5.56. The van der Waals surface area contributed by atoms with E-state index in [1.165, 1.54) is 36.4 Å². The van der Waals surface area contributed by atoms with Gasteiger partial charge in [0.05, 0.1) is 11.8 Å². The van der Waals surface area contributed by atoms with E-state index < -0.39 is 12.0 Å². The van der Waals surface area contributed by atoms with Crippen molar-refractivity contribution >= 4 is 22.7 Å². The highest BCUT2D eigenvalue weighted by Gasteiger charge is 2.29. The van der Waals surface area contributed by atoms with Crippen molar-refractivity contribution in [3.05, 3.63) is 65.7 Å². The number of rotatable bonds is 6. The van der Waals surface area contributed by atoms with E-state index in [0.717, 1.165) is 0 Å². The van der Waals surface area contributed by atoms with Crippen LogP contribution in [0.4, 0.5) is 22.7 Å². The lowest BCUT2D eigenvalue weighted by atomic mass is 9.85. The van der Waals surface area contributed by atoms with Gasteiger partial charge < -0.3 is 43.0 Å². The molecule has 3 aromatic carbocycles. The second kappa shape index (κ2) is 8.07. The van der Waals surface area contributed by atoms with Crippen LogP contribution in [-0.4, -0.2) is 28.0 Å². The summed E-state index contributed by atoms with van der Waals surface area (Å²) in [6, 6.07) is 13.8. The van der Waals surface area contributed by atoms with Crippen molar-refractivity contribution in [1.82, 2.24) is 0 Å². The quantitative estimate of drug-likeness (QED) is 0.244. The Morgan fingerprint density at radius 3 is 1.72 bits per heavy atom. The second-order valence-electron chi connectivity index (χ2n) is 6.79. The molecule has 8 heteroatoms. The van der Waals surface area contributed by atoms with Crippen LogP contribution in [-0.2, 0) is 0 Å². The molecule has 11 N–H and O–H groups in total. The number of phenolic OH excluding ortho intramolecular Hbond substituents is 2. The molecule has 0 bridgehead atoms. The fraction of sp³-hybridized carbons (Fsp3) is 0.143. The average molecular weight is 396 g/mol. The molecule has 0 aliphatic carbocycles. The van der Waals surface area contributed by atoms with Crippen molar-refractivity contribution in [3.63, 3.8) is 0 Å². The topological polar surface area (TPSA) is 174 Å². The van der Waals surface area contributed by atoms with Gasteiger partial charge in [0.15, 0.2) is 0 Å². The van der Waals surface area contributed by atoms with Crippen LogP contribution in [0.3, 0.4) is 0 Å². The first-order valence-electron chi connectivity index (χ1n) is 8.89. The molecule has 1 atom stereocenters. The number of benzene rings is 3. The first kappa shape index (κ1) is 20.0. The number of ether oxygens (including phenoxy) is 1. The molecule has 0 radical (unpaired) electrons. The molecule has 3 aromatic rings. The Hall–Kier alpha value is -3.78. The third-order valence-corrected chi connectivity index (χ3v) is 4.60. The van der Waals surface area contributed by atoms with Crippen LogP contribution < -0.4 is 27.7 Å². The number of aromatic hydroxyl groups is 2. The number of aliphatic hydroxyl groups excluding tert-OH is 1. The van der Waals surface area contributed by atoms with E-state index in [0.29, 0.717) is 39.6 Å². The summed E-state index contributed by atoms with van der Waals surface area (Å²) >= 11 is 0. The van der Waals surface area contributed by atoms with Crippen LogP contribution >= 0.6 is 0 Å². The fourth-order valence-corrected chi connectivity index (χ4v) is 3.20. The van der Waals surface area contributed by atoms with Gasteiger partial charge >= 0.3 is 0 Å². The maximum absolute atomic E-state index is 11.0. The van der Waals surface area contributed by atoms with Crippen LogP contribution in [0.15, 0.2) is 54.6 Å². The van der Waals surface area contributed by atoms with Crippen molar-refractivity contribution < 1.29 is 20.1 Å². The zero-order chi connectivity index (χ0) is 21.1. The lowest BCUT2D eigenvalue weighted by Gasteiger charge is -2.26. The van der Waals surface area contributed by atoms with E-state index in [2.05, 4.69) is 0 Å². The number of hydrogen-bond donors (Lipinski definition) is 7. The molecular formula is C21H24N4O4. The molecule has 1 unspecified atom stereocenters. The molecular weight excluding hydrogens is 372 g/mol. The minimum atomic E-state index is -1.17. The number of aliphatic hydroxyl groups is 1. The number of anilines is 4. The van der Waals surface area contributed by atoms with Gasteiger partial charge in [0.1, 0.15) is 23.9 Å². The summed E-state index contributed by atoms with van der Waals surface area (Å²) in [7, 11) is 0. The van der Waals surface area contributed by atoms with Crippen molar-refractivity contribution in [2.75, 3.05) is 29.5 Å². The normalized spacial score (nSPS) is 12.1. The summed E-state index contributed by atoms with van der Waals surface area (Å²) in [5.74, 6) is -0.684. The molecule has 0 amide bonds. The summed E-state index contributed by atoms with van der Waals surface area (Å²) in [6.45, 7) is -0.179. The highest BCUT2D eigenvalue weighted by Crippen LogP contribution is 2.40. The van der Waals surface area contributed by atoms with Gasteiger partial charge in [0.2, 0.25) is 0 Å². The van der Waals surface area contributed by atoms with Gasteiger partial charge in [-0.15, -0.1) is 0 Å². The predicted octanol–water partition coefficient (Wildman–Crippen LogP) is 2.00. The summed E-state index contributed by atoms with van der Waals surface area (Å²) in [5, 5.41) is 31.7. The Labute approximate surface area is 167 Å². The van der Waals surface area contributed by atoms with E-state index >= 15 is 0 Å². The van der Waals surface area contributed by atoms with Crippen LogP contribution in [0, 0.1) is 0 Å². The largest absolute Gasteiger partial charge is 0.508 e. The molecule has 0 fully saturated rings. The van der Waals surface area contributed by atoms with E-state index in [9.17, 15) is 15.3 Å². The minimum absolute atomic E-state index is 0.0860. The van der Waals surface area contributed by atoms with Crippen LogP contribution in [0.5, 0.6) is 17.2 Å². The van der Waals surface area contributed by atoms with Gasteiger partial charge in [-0.05, 0) is 54.6 Å². The van der Waals surface area contributed by atoms with Gasteiger partial charge in [-0.25, -0.2) is 0 Å². The SMILES string of the molecule is Nc1ccc(OCC(O)C(c2cc(N)ccc2O)c2cc(N)ccc2O)c(N)c1. The van der Waals surface area contributed by atoms with E-state index in [-0.39, 0.29) is 18.1 Å². The lowest BCUT2D eigenvalue weighted by molar-refractivity contribution is 0.0928. The highest BCUT2D eigenvalue weighted by molar-refractivity contribution is 5.61. The minimum Gasteiger partial charge on any atom is -0.508 e. The molecule has 0 aliphatic rings. The Balaban J connectivity index is 1.98. The number of nitrogens with two attached hydrogens (primary N) is 4. The van der Waals surface area contributed by atoms with Crippen LogP contribution in [0.25, 0.3) is 0 Å². The Morgan fingerprint density at radius 1 is 0.724 bits per heavy atom. The highest BCUT2D eigenvalue weighted by atomic mass is 16.5. The molecule has 0 spiro atoms. The first-order chi connectivity index (χ1) is 13.8. The molecule has 0 saturated carbocycles. The number of phenols is 2. The lowest BCUT2D eigenvalue weighted by Crippen LogP contribution is -2.27. The smallest absolute Gasteiger partial charge is 0.142 e. The third-order valence-electron chi connectivity index (χ3n) is 4.60. The average Bonchev–Trinajstić information content (AvgIpc) is 2.67. The first-order valence-corrected chi connectivity index (χ1v) is 8.89. The summed E-state index contributed by atoms with van der Waals surface area (Å²) in [4.78, 5) is 0. The molecule has 0 saturated heterocycles. The van der Waals surface area contributed by atoms with Crippen LogP contribution in [0.1, 0.15) is 17.0 Å². The maximum atomic E-state index is 11.0. The molecule has 3 rings (SSSR count). The number of nitrogen functional groups attached to an aromatic ring is 4. The molecule has 152 valence electrons. The number of hydrogen-bond acceptors (Lipinski definition) is 8. The Morgan fingerprint density at radius 2 is 1.21 bits per heavy atom. The van der Waals surface area contributed by atoms with Crippen LogP contribution in [0.2, 0.25) is 0 Å².